The van der Waals surface area contributed by atoms with Crippen molar-refractivity contribution in [1.82, 2.24) is 10.3 Å². The number of aryl methyl sites for hydroxylation is 2. The summed E-state index contributed by atoms with van der Waals surface area (Å²) in [4.78, 5) is 15.9. The summed E-state index contributed by atoms with van der Waals surface area (Å²) < 4.78 is 0. The average molecular weight is 260 g/mol. The Hall–Kier alpha value is -1.68. The lowest BCUT2D eigenvalue weighted by molar-refractivity contribution is 0.0949. The van der Waals surface area contributed by atoms with E-state index in [2.05, 4.69) is 22.4 Å². The third-order valence-corrected chi connectivity index (χ3v) is 3.40. The monoisotopic (exact) mass is 260 g/mol. The Morgan fingerprint density at radius 3 is 2.78 bits per heavy atom. The molecule has 1 aromatic carbocycles. The summed E-state index contributed by atoms with van der Waals surface area (Å²) in [5.41, 5.74) is 1.83. The van der Waals surface area contributed by atoms with E-state index in [0.717, 1.165) is 17.8 Å². The molecule has 94 valence electrons. The number of hydrogen-bond donors (Lipinski definition) is 1. The van der Waals surface area contributed by atoms with Crippen LogP contribution >= 0.6 is 11.3 Å². The summed E-state index contributed by atoms with van der Waals surface area (Å²) in [6, 6.07) is 10.3. The number of rotatable bonds is 5. The maximum atomic E-state index is 11.7. The van der Waals surface area contributed by atoms with Gasteiger partial charge in [0, 0.05) is 11.9 Å². The van der Waals surface area contributed by atoms with E-state index in [1.165, 1.54) is 16.9 Å². The van der Waals surface area contributed by atoms with Gasteiger partial charge in [-0.1, -0.05) is 30.3 Å². The fourth-order valence-electron chi connectivity index (χ4n) is 1.70. The molecule has 0 spiro atoms. The Balaban J connectivity index is 1.71. The second-order valence-corrected chi connectivity index (χ2v) is 5.16. The third-order valence-electron chi connectivity index (χ3n) is 2.62. The van der Waals surface area contributed by atoms with Gasteiger partial charge in [-0.15, -0.1) is 11.3 Å². The molecule has 0 saturated heterocycles. The van der Waals surface area contributed by atoms with E-state index in [0.29, 0.717) is 12.2 Å². The van der Waals surface area contributed by atoms with E-state index in [1.807, 2.05) is 25.1 Å². The van der Waals surface area contributed by atoms with E-state index in [4.69, 9.17) is 0 Å². The standard InChI is InChI=1S/C14H16N2OS/c1-11-16-13(10-18-11)14(17)15-9-5-8-12-6-3-2-4-7-12/h2-4,6-7,10H,5,8-9H2,1H3,(H,15,17). The number of carbonyl (C=O) groups is 1. The number of nitrogens with one attached hydrogen (secondary N) is 1. The molecule has 0 saturated carbocycles. The van der Waals surface area contributed by atoms with Crippen LogP contribution in [0.1, 0.15) is 27.5 Å². The molecule has 1 heterocycles. The lowest BCUT2D eigenvalue weighted by atomic mass is 10.1. The van der Waals surface area contributed by atoms with Crippen molar-refractivity contribution in [1.29, 1.82) is 0 Å². The fraction of sp³-hybridized carbons (Fsp3) is 0.286. The highest BCUT2D eigenvalue weighted by molar-refractivity contribution is 7.09. The van der Waals surface area contributed by atoms with E-state index < -0.39 is 0 Å². The first kappa shape index (κ1) is 12.8. The molecule has 18 heavy (non-hydrogen) atoms. The topological polar surface area (TPSA) is 42.0 Å². The smallest absolute Gasteiger partial charge is 0.270 e. The highest BCUT2D eigenvalue weighted by Crippen LogP contribution is 2.07. The van der Waals surface area contributed by atoms with Gasteiger partial charge in [0.2, 0.25) is 0 Å². The number of carbonyl (C=O) groups excluding carboxylic acids is 1. The third kappa shape index (κ3) is 3.67. The van der Waals surface area contributed by atoms with Crippen molar-refractivity contribution in [2.75, 3.05) is 6.54 Å². The maximum absolute atomic E-state index is 11.7. The van der Waals surface area contributed by atoms with Gasteiger partial charge in [0.1, 0.15) is 5.69 Å². The van der Waals surface area contributed by atoms with Crippen LogP contribution in [0.3, 0.4) is 0 Å². The molecule has 1 N–H and O–H groups in total. The largest absolute Gasteiger partial charge is 0.351 e. The van der Waals surface area contributed by atoms with Gasteiger partial charge in [-0.2, -0.15) is 0 Å². The zero-order valence-corrected chi connectivity index (χ0v) is 11.2. The number of benzene rings is 1. The number of aromatic nitrogens is 1. The Morgan fingerprint density at radius 2 is 2.11 bits per heavy atom. The number of amides is 1. The quantitative estimate of drug-likeness (QED) is 0.840. The highest BCUT2D eigenvalue weighted by atomic mass is 32.1. The highest BCUT2D eigenvalue weighted by Gasteiger charge is 2.07. The van der Waals surface area contributed by atoms with Gasteiger partial charge in [0.25, 0.3) is 5.91 Å². The summed E-state index contributed by atoms with van der Waals surface area (Å²) in [6.07, 6.45) is 1.93. The molecule has 3 nitrogen and oxygen atoms in total. The Kier molecular flexibility index (Phi) is 4.47. The van der Waals surface area contributed by atoms with Crippen LogP contribution in [0.15, 0.2) is 35.7 Å². The van der Waals surface area contributed by atoms with E-state index in [9.17, 15) is 4.79 Å². The van der Waals surface area contributed by atoms with Crippen LogP contribution in [0, 0.1) is 6.92 Å². The molecule has 1 amide bonds. The van der Waals surface area contributed by atoms with Crippen LogP contribution in [0.4, 0.5) is 0 Å². The van der Waals surface area contributed by atoms with Crippen LogP contribution in [0.2, 0.25) is 0 Å². The molecule has 1 aromatic heterocycles. The van der Waals surface area contributed by atoms with Crippen molar-refractivity contribution in [3.8, 4) is 0 Å². The summed E-state index contributed by atoms with van der Waals surface area (Å²) >= 11 is 1.50. The molecule has 0 aliphatic rings. The molecule has 2 aromatic rings. The average Bonchev–Trinajstić information content (AvgIpc) is 2.82. The zero-order chi connectivity index (χ0) is 12.8. The summed E-state index contributed by atoms with van der Waals surface area (Å²) in [6.45, 7) is 2.58. The zero-order valence-electron chi connectivity index (χ0n) is 10.3. The second kappa shape index (κ2) is 6.31. The van der Waals surface area contributed by atoms with Gasteiger partial charge in [-0.25, -0.2) is 4.98 Å². The van der Waals surface area contributed by atoms with Crippen molar-refractivity contribution < 1.29 is 4.79 Å². The SMILES string of the molecule is Cc1nc(C(=O)NCCCc2ccccc2)cs1. The van der Waals surface area contributed by atoms with Crippen molar-refractivity contribution in [2.24, 2.45) is 0 Å². The predicted molar refractivity (Wildman–Crippen MR) is 73.9 cm³/mol. The molecule has 2 rings (SSSR count). The normalized spacial score (nSPS) is 10.3. The van der Waals surface area contributed by atoms with E-state index >= 15 is 0 Å². The van der Waals surface area contributed by atoms with Gasteiger partial charge in [0.15, 0.2) is 0 Å². The van der Waals surface area contributed by atoms with Gasteiger partial charge in [-0.3, -0.25) is 4.79 Å². The Morgan fingerprint density at radius 1 is 1.33 bits per heavy atom. The van der Waals surface area contributed by atoms with E-state index in [1.54, 1.807) is 5.38 Å². The minimum absolute atomic E-state index is 0.0765. The molecule has 0 radical (unpaired) electrons. The van der Waals surface area contributed by atoms with Crippen molar-refractivity contribution in [3.05, 3.63) is 52.0 Å². The molecular weight excluding hydrogens is 244 g/mol. The molecule has 0 unspecified atom stereocenters. The molecule has 0 bridgehead atoms. The van der Waals surface area contributed by atoms with Crippen LogP contribution in [0.25, 0.3) is 0 Å². The van der Waals surface area contributed by atoms with Crippen molar-refractivity contribution in [2.45, 2.75) is 19.8 Å². The van der Waals surface area contributed by atoms with Crippen molar-refractivity contribution >= 4 is 17.2 Å². The summed E-state index contributed by atoms with van der Waals surface area (Å²) in [7, 11) is 0. The Labute approximate surface area is 111 Å². The first-order valence-electron chi connectivity index (χ1n) is 6.00. The fourth-order valence-corrected chi connectivity index (χ4v) is 2.29. The molecule has 0 aliphatic heterocycles. The second-order valence-electron chi connectivity index (χ2n) is 4.10. The summed E-state index contributed by atoms with van der Waals surface area (Å²) in [5.74, 6) is -0.0765. The number of nitrogens with zero attached hydrogens (tertiary/aromatic N) is 1. The van der Waals surface area contributed by atoms with Crippen LogP contribution in [-0.2, 0) is 6.42 Å². The van der Waals surface area contributed by atoms with Crippen LogP contribution in [-0.4, -0.2) is 17.4 Å². The first-order valence-corrected chi connectivity index (χ1v) is 6.88. The van der Waals surface area contributed by atoms with Crippen molar-refractivity contribution in [3.63, 3.8) is 0 Å². The number of thiazole rings is 1. The first-order chi connectivity index (χ1) is 8.75. The van der Waals surface area contributed by atoms with Gasteiger partial charge in [0.05, 0.1) is 5.01 Å². The predicted octanol–water partition coefficient (Wildman–Crippen LogP) is 2.81. The number of hydrogen-bond acceptors (Lipinski definition) is 3. The van der Waals surface area contributed by atoms with Gasteiger partial charge < -0.3 is 5.32 Å². The van der Waals surface area contributed by atoms with Crippen LogP contribution < -0.4 is 5.32 Å². The molecule has 0 atom stereocenters. The Bertz CT molecular complexity index is 508. The molecule has 0 aliphatic carbocycles. The van der Waals surface area contributed by atoms with Gasteiger partial charge >= 0.3 is 0 Å². The minimum Gasteiger partial charge on any atom is -0.351 e. The van der Waals surface area contributed by atoms with E-state index in [-0.39, 0.29) is 5.91 Å². The van der Waals surface area contributed by atoms with Crippen LogP contribution in [0.5, 0.6) is 0 Å². The molecule has 4 heteroatoms. The molecule has 0 fully saturated rings. The lowest BCUT2D eigenvalue weighted by Crippen LogP contribution is -2.25. The summed E-state index contributed by atoms with van der Waals surface area (Å²) in [5, 5.41) is 5.60. The van der Waals surface area contributed by atoms with Gasteiger partial charge in [-0.05, 0) is 25.3 Å². The lowest BCUT2D eigenvalue weighted by Gasteiger charge is -2.03. The maximum Gasteiger partial charge on any atom is 0.270 e. The minimum atomic E-state index is -0.0765. The molecular formula is C14H16N2OS.